The van der Waals surface area contributed by atoms with Gasteiger partial charge in [-0.25, -0.2) is 0 Å². The van der Waals surface area contributed by atoms with Crippen molar-refractivity contribution in [3.8, 4) is 5.75 Å². The third kappa shape index (κ3) is 2.22. The average Bonchev–Trinajstić information content (AvgIpc) is 2.71. The molecule has 1 aromatic carbocycles. The van der Waals surface area contributed by atoms with E-state index < -0.39 is 0 Å². The predicted molar refractivity (Wildman–Crippen MR) is 66.9 cm³/mol. The largest absolute Gasteiger partial charge is 0.497 e. The summed E-state index contributed by atoms with van der Waals surface area (Å²) in [5, 5.41) is 3.68. The summed E-state index contributed by atoms with van der Waals surface area (Å²) in [5.74, 6) is 0.969. The first-order chi connectivity index (χ1) is 7.74. The quantitative estimate of drug-likeness (QED) is 0.840. The first kappa shape index (κ1) is 11.5. The van der Waals surface area contributed by atoms with Gasteiger partial charge in [0.15, 0.2) is 0 Å². The van der Waals surface area contributed by atoms with Crippen LogP contribution in [0.15, 0.2) is 18.2 Å². The summed E-state index contributed by atoms with van der Waals surface area (Å²) in [6.07, 6.45) is 3.58. The molecule has 1 aliphatic carbocycles. The molecule has 0 heterocycles. The predicted octanol–water partition coefficient (Wildman–Crippen LogP) is 3.07. The summed E-state index contributed by atoms with van der Waals surface area (Å²) >= 11 is 0. The van der Waals surface area contributed by atoms with E-state index in [4.69, 9.17) is 4.74 Å². The fraction of sp³-hybridized carbons (Fsp3) is 0.571. The van der Waals surface area contributed by atoms with Crippen molar-refractivity contribution in [2.75, 3.05) is 7.11 Å². The van der Waals surface area contributed by atoms with E-state index in [0.29, 0.717) is 12.1 Å². The molecule has 2 atom stereocenters. The maximum absolute atomic E-state index is 5.29. The molecule has 1 aromatic rings. The van der Waals surface area contributed by atoms with Crippen LogP contribution in [0.5, 0.6) is 5.75 Å². The fourth-order valence-electron chi connectivity index (χ4n) is 2.34. The Kier molecular flexibility index (Phi) is 3.49. The van der Waals surface area contributed by atoms with Gasteiger partial charge in [-0.3, -0.25) is 0 Å². The number of aryl methyl sites for hydroxylation is 1. The Balaban J connectivity index is 2.17. The lowest BCUT2D eigenvalue weighted by molar-refractivity contribution is 0.411. The van der Waals surface area contributed by atoms with Crippen molar-refractivity contribution in [2.45, 2.75) is 45.2 Å². The van der Waals surface area contributed by atoms with Crippen LogP contribution in [0.2, 0.25) is 0 Å². The van der Waals surface area contributed by atoms with E-state index in [1.54, 1.807) is 7.11 Å². The molecule has 2 unspecified atom stereocenters. The first-order valence-electron chi connectivity index (χ1n) is 6.17. The summed E-state index contributed by atoms with van der Waals surface area (Å²) in [7, 11) is 1.73. The van der Waals surface area contributed by atoms with Crippen LogP contribution in [0.1, 0.15) is 43.9 Å². The van der Waals surface area contributed by atoms with Crippen LogP contribution in [-0.4, -0.2) is 13.2 Å². The maximum Gasteiger partial charge on any atom is 0.119 e. The molecule has 2 heteroatoms. The zero-order valence-electron chi connectivity index (χ0n) is 10.4. The summed E-state index contributed by atoms with van der Waals surface area (Å²) < 4.78 is 5.29. The molecule has 0 bridgehead atoms. The minimum atomic E-state index is 0.514. The van der Waals surface area contributed by atoms with Gasteiger partial charge in [-0.2, -0.15) is 0 Å². The van der Waals surface area contributed by atoms with E-state index in [1.165, 1.54) is 30.4 Å². The monoisotopic (exact) mass is 219 g/mol. The number of fused-ring (bicyclic) bond motifs is 1. The van der Waals surface area contributed by atoms with Gasteiger partial charge in [0.2, 0.25) is 0 Å². The summed E-state index contributed by atoms with van der Waals surface area (Å²) in [4.78, 5) is 0. The van der Waals surface area contributed by atoms with Crippen LogP contribution in [0.3, 0.4) is 0 Å². The number of hydrogen-bond donors (Lipinski definition) is 1. The number of hydrogen-bond acceptors (Lipinski definition) is 2. The van der Waals surface area contributed by atoms with Gasteiger partial charge >= 0.3 is 0 Å². The zero-order valence-corrected chi connectivity index (χ0v) is 10.4. The number of ether oxygens (including phenoxy) is 1. The Labute approximate surface area is 98.0 Å². The fourth-order valence-corrected chi connectivity index (χ4v) is 2.34. The molecule has 2 nitrogen and oxygen atoms in total. The van der Waals surface area contributed by atoms with Gasteiger partial charge in [-0.15, -0.1) is 0 Å². The number of benzene rings is 1. The molecule has 0 saturated heterocycles. The molecule has 1 N–H and O–H groups in total. The van der Waals surface area contributed by atoms with E-state index in [9.17, 15) is 0 Å². The molecule has 0 fully saturated rings. The summed E-state index contributed by atoms with van der Waals surface area (Å²) in [6, 6.07) is 7.54. The lowest BCUT2D eigenvalue weighted by Gasteiger charge is -2.19. The molecule has 0 saturated carbocycles. The van der Waals surface area contributed by atoms with Crippen molar-refractivity contribution in [3.63, 3.8) is 0 Å². The third-order valence-electron chi connectivity index (χ3n) is 3.53. The van der Waals surface area contributed by atoms with Gasteiger partial charge in [0.25, 0.3) is 0 Å². The molecule has 1 aliphatic rings. The van der Waals surface area contributed by atoms with Gasteiger partial charge in [0, 0.05) is 12.1 Å². The van der Waals surface area contributed by atoms with Crippen molar-refractivity contribution < 1.29 is 4.74 Å². The van der Waals surface area contributed by atoms with Crippen molar-refractivity contribution in [2.24, 2.45) is 0 Å². The van der Waals surface area contributed by atoms with Gasteiger partial charge < -0.3 is 10.1 Å². The van der Waals surface area contributed by atoms with Gasteiger partial charge in [-0.1, -0.05) is 13.0 Å². The molecule has 0 amide bonds. The first-order valence-corrected chi connectivity index (χ1v) is 6.17. The number of nitrogens with one attached hydrogen (secondary N) is 1. The molecular weight excluding hydrogens is 198 g/mol. The second kappa shape index (κ2) is 4.88. The lowest BCUT2D eigenvalue weighted by atomic mass is 10.1. The van der Waals surface area contributed by atoms with Gasteiger partial charge in [-0.05, 0) is 49.4 Å². The minimum absolute atomic E-state index is 0.514. The van der Waals surface area contributed by atoms with Crippen LogP contribution in [-0.2, 0) is 6.42 Å². The van der Waals surface area contributed by atoms with E-state index >= 15 is 0 Å². The Morgan fingerprint density at radius 1 is 1.50 bits per heavy atom. The second-order valence-electron chi connectivity index (χ2n) is 4.63. The Bertz CT molecular complexity index is 362. The van der Waals surface area contributed by atoms with Crippen molar-refractivity contribution in [3.05, 3.63) is 29.3 Å². The summed E-state index contributed by atoms with van der Waals surface area (Å²) in [6.45, 7) is 4.47. The van der Waals surface area contributed by atoms with Gasteiger partial charge in [0.1, 0.15) is 5.75 Å². The topological polar surface area (TPSA) is 21.3 Å². The van der Waals surface area contributed by atoms with Gasteiger partial charge in [0.05, 0.1) is 7.11 Å². The highest BCUT2D eigenvalue weighted by molar-refractivity contribution is 5.40. The van der Waals surface area contributed by atoms with E-state index in [2.05, 4.69) is 37.4 Å². The molecule has 0 spiro atoms. The van der Waals surface area contributed by atoms with Crippen LogP contribution < -0.4 is 10.1 Å². The van der Waals surface area contributed by atoms with Crippen molar-refractivity contribution >= 4 is 0 Å². The van der Waals surface area contributed by atoms with Crippen LogP contribution in [0, 0.1) is 0 Å². The second-order valence-corrected chi connectivity index (χ2v) is 4.63. The van der Waals surface area contributed by atoms with Crippen molar-refractivity contribution in [1.82, 2.24) is 5.32 Å². The highest BCUT2D eigenvalue weighted by atomic mass is 16.5. The molecule has 0 radical (unpaired) electrons. The Morgan fingerprint density at radius 3 is 3.00 bits per heavy atom. The molecule has 88 valence electrons. The van der Waals surface area contributed by atoms with Crippen molar-refractivity contribution in [1.29, 1.82) is 0 Å². The maximum atomic E-state index is 5.29. The molecule has 2 rings (SSSR count). The molecule has 0 aliphatic heterocycles. The van der Waals surface area contributed by atoms with E-state index in [0.717, 1.165) is 5.75 Å². The Hall–Kier alpha value is -1.02. The number of rotatable bonds is 4. The normalized spacial score (nSPS) is 20.6. The molecule has 0 aromatic heterocycles. The smallest absolute Gasteiger partial charge is 0.119 e. The SMILES string of the molecule is CCC(C)NC1CCc2ccc(OC)cc21. The summed E-state index contributed by atoms with van der Waals surface area (Å²) in [5.41, 5.74) is 2.90. The van der Waals surface area contributed by atoms with Crippen LogP contribution in [0.4, 0.5) is 0 Å². The highest BCUT2D eigenvalue weighted by Gasteiger charge is 2.23. The zero-order chi connectivity index (χ0) is 11.5. The average molecular weight is 219 g/mol. The lowest BCUT2D eigenvalue weighted by Crippen LogP contribution is -2.28. The molecule has 16 heavy (non-hydrogen) atoms. The number of methoxy groups -OCH3 is 1. The highest BCUT2D eigenvalue weighted by Crippen LogP contribution is 2.34. The Morgan fingerprint density at radius 2 is 2.31 bits per heavy atom. The van der Waals surface area contributed by atoms with E-state index in [-0.39, 0.29) is 0 Å². The third-order valence-corrected chi connectivity index (χ3v) is 3.53. The minimum Gasteiger partial charge on any atom is -0.497 e. The van der Waals surface area contributed by atoms with Crippen LogP contribution in [0.25, 0.3) is 0 Å². The standard InChI is InChI=1S/C14H21NO/c1-4-10(2)15-14-8-6-11-5-7-12(16-3)9-13(11)14/h5,7,9-10,14-15H,4,6,8H2,1-3H3. The molecular formula is C14H21NO. The van der Waals surface area contributed by atoms with E-state index in [1.807, 2.05) is 0 Å². The van der Waals surface area contributed by atoms with Crippen LogP contribution >= 0.6 is 0 Å².